The van der Waals surface area contributed by atoms with Crippen LogP contribution in [0.2, 0.25) is 0 Å². The maximum atomic E-state index is 12.3. The number of methoxy groups -OCH3 is 2. The number of nitrogens with zero attached hydrogens (tertiary/aromatic N) is 2. The third kappa shape index (κ3) is 5.76. The van der Waals surface area contributed by atoms with E-state index < -0.39 is 11.9 Å². The van der Waals surface area contributed by atoms with E-state index in [0.717, 1.165) is 0 Å². The number of carboxylic acids is 2. The number of aromatic nitrogens is 2. The van der Waals surface area contributed by atoms with Gasteiger partial charge < -0.3 is 38.4 Å². The second kappa shape index (κ2) is 11.7. The standard InChI is InChI=1S/C29H24N2O10/c1-36-22-10-25-24(39-15-40-25)9-17(22)7-18(28(32)33)8-19-12-31-41-27(19)21-13-30-26(37-2)11-23(21)38-14-16-5-3-4-6-20(16)29(34)35/h3-6,8-13H,7,14-15H2,1-2H3,(H,32,33)(H,34,35). The average Bonchev–Trinajstić information content (AvgIpc) is 3.64. The fourth-order valence-electron chi connectivity index (χ4n) is 4.26. The quantitative estimate of drug-likeness (QED) is 0.248. The van der Waals surface area contributed by atoms with Crippen molar-refractivity contribution in [3.8, 4) is 40.2 Å². The van der Waals surface area contributed by atoms with Crippen LogP contribution >= 0.6 is 0 Å². The van der Waals surface area contributed by atoms with Gasteiger partial charge in [0.1, 0.15) is 18.1 Å². The van der Waals surface area contributed by atoms with Crippen LogP contribution in [0.4, 0.5) is 0 Å². The van der Waals surface area contributed by atoms with Crippen molar-refractivity contribution in [2.24, 2.45) is 0 Å². The lowest BCUT2D eigenvalue weighted by Crippen LogP contribution is -2.06. The zero-order chi connectivity index (χ0) is 28.9. The van der Waals surface area contributed by atoms with Crippen molar-refractivity contribution in [2.75, 3.05) is 21.0 Å². The van der Waals surface area contributed by atoms with Crippen LogP contribution in [0.15, 0.2) is 65.0 Å². The van der Waals surface area contributed by atoms with E-state index in [0.29, 0.717) is 39.5 Å². The molecule has 2 N–H and O–H groups in total. The lowest BCUT2D eigenvalue weighted by Gasteiger charge is -2.13. The Morgan fingerprint density at radius 1 is 0.976 bits per heavy atom. The minimum atomic E-state index is -1.16. The van der Waals surface area contributed by atoms with Crippen molar-refractivity contribution in [3.63, 3.8) is 0 Å². The first-order chi connectivity index (χ1) is 19.9. The third-order valence-corrected chi connectivity index (χ3v) is 6.28. The van der Waals surface area contributed by atoms with E-state index in [-0.39, 0.29) is 48.3 Å². The van der Waals surface area contributed by atoms with Crippen LogP contribution in [0.25, 0.3) is 17.4 Å². The summed E-state index contributed by atoms with van der Waals surface area (Å²) in [5.74, 6) is -0.0938. The molecule has 1 aliphatic rings. The van der Waals surface area contributed by atoms with Crippen LogP contribution in [0, 0.1) is 0 Å². The topological polar surface area (TPSA) is 160 Å². The van der Waals surface area contributed by atoms with Crippen molar-refractivity contribution in [2.45, 2.75) is 13.0 Å². The zero-order valence-corrected chi connectivity index (χ0v) is 21.9. The summed E-state index contributed by atoms with van der Waals surface area (Å²) in [5, 5.41) is 23.4. The number of carboxylic acid groups (broad SMARTS) is 2. The summed E-state index contributed by atoms with van der Waals surface area (Å²) >= 11 is 0. The number of aliphatic carboxylic acids is 1. The summed E-state index contributed by atoms with van der Waals surface area (Å²) in [5.41, 5.74) is 1.85. The Morgan fingerprint density at radius 2 is 1.76 bits per heavy atom. The highest BCUT2D eigenvalue weighted by molar-refractivity contribution is 5.94. The normalized spacial score (nSPS) is 12.2. The Morgan fingerprint density at radius 3 is 2.49 bits per heavy atom. The first-order valence-electron chi connectivity index (χ1n) is 12.2. The molecule has 0 fully saturated rings. The van der Waals surface area contributed by atoms with Gasteiger partial charge in [0, 0.05) is 47.0 Å². The molecule has 0 bridgehead atoms. The third-order valence-electron chi connectivity index (χ3n) is 6.28. The molecule has 1 aliphatic heterocycles. The predicted molar refractivity (Wildman–Crippen MR) is 142 cm³/mol. The molecule has 210 valence electrons. The molecule has 5 rings (SSSR count). The monoisotopic (exact) mass is 560 g/mol. The van der Waals surface area contributed by atoms with Gasteiger partial charge in [0.2, 0.25) is 12.7 Å². The van der Waals surface area contributed by atoms with Crippen LogP contribution in [0.3, 0.4) is 0 Å². The lowest BCUT2D eigenvalue weighted by atomic mass is 10.0. The van der Waals surface area contributed by atoms with E-state index in [9.17, 15) is 19.8 Å². The van der Waals surface area contributed by atoms with Crippen LogP contribution in [0.1, 0.15) is 27.0 Å². The van der Waals surface area contributed by atoms with E-state index >= 15 is 0 Å². The van der Waals surface area contributed by atoms with Gasteiger partial charge in [-0.2, -0.15) is 0 Å². The molecule has 0 saturated carbocycles. The molecule has 0 amide bonds. The number of aromatic carboxylic acids is 1. The van der Waals surface area contributed by atoms with Gasteiger partial charge in [-0.1, -0.05) is 23.4 Å². The van der Waals surface area contributed by atoms with Crippen molar-refractivity contribution < 1.29 is 48.0 Å². The zero-order valence-electron chi connectivity index (χ0n) is 21.9. The largest absolute Gasteiger partial charge is 0.496 e. The van der Waals surface area contributed by atoms with Gasteiger partial charge >= 0.3 is 11.9 Å². The molecule has 3 heterocycles. The molecule has 0 atom stereocenters. The summed E-state index contributed by atoms with van der Waals surface area (Å²) in [6.07, 6.45) is 4.25. The van der Waals surface area contributed by atoms with Crippen LogP contribution in [-0.4, -0.2) is 53.3 Å². The van der Waals surface area contributed by atoms with Gasteiger partial charge in [-0.15, -0.1) is 0 Å². The second-order valence-electron chi connectivity index (χ2n) is 8.75. The smallest absolute Gasteiger partial charge is 0.336 e. The number of pyridine rings is 1. The van der Waals surface area contributed by atoms with Crippen molar-refractivity contribution in [3.05, 3.63) is 82.7 Å². The van der Waals surface area contributed by atoms with Crippen LogP contribution in [-0.2, 0) is 17.8 Å². The molecule has 0 spiro atoms. The number of benzene rings is 2. The maximum Gasteiger partial charge on any atom is 0.336 e. The summed E-state index contributed by atoms with van der Waals surface area (Å²) in [6, 6.07) is 11.3. The average molecular weight is 561 g/mol. The Kier molecular flexibility index (Phi) is 7.72. The number of fused-ring (bicyclic) bond motifs is 1. The van der Waals surface area contributed by atoms with Crippen molar-refractivity contribution >= 4 is 18.0 Å². The Bertz CT molecular complexity index is 1640. The molecule has 0 unspecified atom stereocenters. The van der Waals surface area contributed by atoms with Crippen LogP contribution in [0.5, 0.6) is 28.9 Å². The molecule has 0 aliphatic carbocycles. The van der Waals surface area contributed by atoms with Crippen LogP contribution < -0.4 is 23.7 Å². The van der Waals surface area contributed by atoms with Gasteiger partial charge in [-0.05, 0) is 18.2 Å². The number of carbonyl (C=O) groups is 2. The van der Waals surface area contributed by atoms with E-state index in [1.165, 1.54) is 44.8 Å². The Labute approximate surface area is 233 Å². The molecule has 4 aromatic rings. The maximum absolute atomic E-state index is 12.3. The molecule has 41 heavy (non-hydrogen) atoms. The van der Waals surface area contributed by atoms with E-state index in [1.807, 2.05) is 0 Å². The first kappa shape index (κ1) is 27.1. The van der Waals surface area contributed by atoms with Crippen molar-refractivity contribution in [1.29, 1.82) is 0 Å². The van der Waals surface area contributed by atoms with Gasteiger partial charge in [0.05, 0.1) is 31.5 Å². The van der Waals surface area contributed by atoms with Crippen molar-refractivity contribution in [1.82, 2.24) is 10.1 Å². The summed E-state index contributed by atoms with van der Waals surface area (Å²) in [4.78, 5) is 28.2. The van der Waals surface area contributed by atoms with Gasteiger partial charge in [0.15, 0.2) is 17.3 Å². The number of ether oxygens (including phenoxy) is 5. The molecule has 0 saturated heterocycles. The highest BCUT2D eigenvalue weighted by Gasteiger charge is 2.22. The lowest BCUT2D eigenvalue weighted by molar-refractivity contribution is -0.132. The molecular formula is C29H24N2O10. The minimum absolute atomic E-state index is 0.00401. The molecule has 2 aromatic heterocycles. The molecular weight excluding hydrogens is 536 g/mol. The number of rotatable bonds is 11. The summed E-state index contributed by atoms with van der Waals surface area (Å²) in [6.45, 7) is -0.0119. The molecule has 12 nitrogen and oxygen atoms in total. The van der Waals surface area contributed by atoms with E-state index in [1.54, 1.807) is 30.3 Å². The van der Waals surface area contributed by atoms with E-state index in [2.05, 4.69) is 10.1 Å². The molecule has 12 heteroatoms. The Hall–Kier alpha value is -5.52. The first-order valence-corrected chi connectivity index (χ1v) is 12.2. The highest BCUT2D eigenvalue weighted by Crippen LogP contribution is 2.40. The Balaban J connectivity index is 1.49. The fourth-order valence-corrected chi connectivity index (χ4v) is 4.26. The SMILES string of the molecule is COc1cc(OCc2ccccc2C(=O)O)c(-c2oncc2C=C(Cc2cc3c(cc2OC)OCO3)C(=O)O)cn1. The predicted octanol–water partition coefficient (Wildman–Crippen LogP) is 4.47. The summed E-state index contributed by atoms with van der Waals surface area (Å²) < 4.78 is 33.0. The van der Waals surface area contributed by atoms with Gasteiger partial charge in [0.25, 0.3) is 0 Å². The second-order valence-corrected chi connectivity index (χ2v) is 8.75. The highest BCUT2D eigenvalue weighted by atomic mass is 16.7. The van der Waals surface area contributed by atoms with Gasteiger partial charge in [-0.3, -0.25) is 0 Å². The molecule has 2 aromatic carbocycles. The minimum Gasteiger partial charge on any atom is -0.496 e. The molecule has 0 radical (unpaired) electrons. The number of hydrogen-bond acceptors (Lipinski definition) is 10. The van der Waals surface area contributed by atoms with E-state index in [4.69, 9.17) is 28.2 Å². The fraction of sp³-hybridized carbons (Fsp3) is 0.172. The number of hydrogen-bond donors (Lipinski definition) is 2. The summed E-state index contributed by atoms with van der Waals surface area (Å²) in [7, 11) is 2.92. The van der Waals surface area contributed by atoms with Gasteiger partial charge in [-0.25, -0.2) is 14.6 Å².